The molecule has 0 spiro atoms. The molecule has 0 amide bonds. The zero-order chi connectivity index (χ0) is 18.8. The van der Waals surface area contributed by atoms with Crippen LogP contribution in [0.1, 0.15) is 20.1 Å². The van der Waals surface area contributed by atoms with Gasteiger partial charge in [0.15, 0.2) is 6.23 Å². The number of H-pyrrole nitrogens is 1. The van der Waals surface area contributed by atoms with Gasteiger partial charge in [0.05, 0.1) is 6.10 Å². The minimum absolute atomic E-state index is 0.278. The standard InChI is InChI=1S/C13H21N2O9P/c1-4-22-10-9(7(2)24-25(18,19)20)23-12(11(10)21-3)15-6-5-8(16)14-13(15)17/h5-7,9-12H,4H2,1-3H3,(H,14,16,17)(H2,18,19,20)/t7-,9?,10?,11?,12?/m0/s1. The average Bonchev–Trinajstić information content (AvgIpc) is 2.84. The van der Waals surface area contributed by atoms with Crippen LogP contribution in [0, 0.1) is 0 Å². The van der Waals surface area contributed by atoms with Crippen molar-refractivity contribution in [2.45, 2.75) is 44.5 Å². The van der Waals surface area contributed by atoms with Gasteiger partial charge in [-0.05, 0) is 13.8 Å². The SMILES string of the molecule is CCOC1C(OC)C(n2ccc(=O)[nH]c2=O)OC1[C@H](C)OP(=O)(O)O. The molecule has 3 N–H and O–H groups in total. The van der Waals surface area contributed by atoms with E-state index in [0.717, 1.165) is 10.6 Å². The highest BCUT2D eigenvalue weighted by molar-refractivity contribution is 7.46. The molecule has 0 aliphatic carbocycles. The van der Waals surface area contributed by atoms with Crippen LogP contribution < -0.4 is 11.2 Å². The predicted octanol–water partition coefficient (Wildman–Crippen LogP) is -0.648. The summed E-state index contributed by atoms with van der Waals surface area (Å²) in [7, 11) is -3.36. The summed E-state index contributed by atoms with van der Waals surface area (Å²) in [6.07, 6.45) is -3.20. The smallest absolute Gasteiger partial charge is 0.374 e. The molecule has 1 aliphatic rings. The summed E-state index contributed by atoms with van der Waals surface area (Å²) in [4.78, 5) is 43.4. The van der Waals surface area contributed by atoms with Gasteiger partial charge in [-0.15, -0.1) is 0 Å². The number of nitrogens with one attached hydrogen (secondary N) is 1. The summed E-state index contributed by atoms with van der Waals surface area (Å²) in [5.74, 6) is 0. The highest BCUT2D eigenvalue weighted by Crippen LogP contribution is 2.42. The lowest BCUT2D eigenvalue weighted by Crippen LogP contribution is -2.42. The van der Waals surface area contributed by atoms with Crippen LogP contribution in [0.25, 0.3) is 0 Å². The second kappa shape index (κ2) is 7.92. The van der Waals surface area contributed by atoms with E-state index < -0.39 is 49.7 Å². The molecule has 2 heterocycles. The second-order valence-electron chi connectivity index (χ2n) is 5.43. The fourth-order valence-electron chi connectivity index (χ4n) is 2.80. The van der Waals surface area contributed by atoms with Crippen LogP contribution >= 0.6 is 7.82 Å². The third-order valence-corrected chi connectivity index (χ3v) is 4.36. The van der Waals surface area contributed by atoms with Crippen LogP contribution in [-0.4, -0.2) is 57.5 Å². The molecule has 1 aromatic heterocycles. The maximum absolute atomic E-state index is 12.0. The number of ether oxygens (including phenoxy) is 3. The van der Waals surface area contributed by atoms with Gasteiger partial charge >= 0.3 is 13.5 Å². The Morgan fingerprint density at radius 3 is 2.60 bits per heavy atom. The first-order valence-electron chi connectivity index (χ1n) is 7.53. The monoisotopic (exact) mass is 380 g/mol. The van der Waals surface area contributed by atoms with Gasteiger partial charge in [-0.1, -0.05) is 0 Å². The van der Waals surface area contributed by atoms with Crippen molar-refractivity contribution in [3.05, 3.63) is 33.1 Å². The van der Waals surface area contributed by atoms with E-state index in [4.69, 9.17) is 24.0 Å². The zero-order valence-electron chi connectivity index (χ0n) is 13.9. The quantitative estimate of drug-likeness (QED) is 0.525. The Morgan fingerprint density at radius 1 is 1.40 bits per heavy atom. The summed E-state index contributed by atoms with van der Waals surface area (Å²) in [6, 6.07) is 1.15. The topological polar surface area (TPSA) is 149 Å². The molecule has 0 saturated carbocycles. The van der Waals surface area contributed by atoms with E-state index in [1.807, 2.05) is 0 Å². The number of methoxy groups -OCH3 is 1. The molecule has 0 bridgehead atoms. The molecular formula is C13H21N2O9P. The molecular weight excluding hydrogens is 359 g/mol. The van der Waals surface area contributed by atoms with Gasteiger partial charge in [-0.25, -0.2) is 9.36 Å². The molecule has 1 saturated heterocycles. The lowest BCUT2D eigenvalue weighted by molar-refractivity contribution is -0.0871. The van der Waals surface area contributed by atoms with Crippen LogP contribution in [0.3, 0.4) is 0 Å². The minimum atomic E-state index is -4.75. The molecule has 2 rings (SSSR count). The highest BCUT2D eigenvalue weighted by Gasteiger charge is 2.50. The van der Waals surface area contributed by atoms with Crippen LogP contribution in [0.5, 0.6) is 0 Å². The van der Waals surface area contributed by atoms with Crippen LogP contribution in [0.15, 0.2) is 21.9 Å². The van der Waals surface area contributed by atoms with E-state index in [0.29, 0.717) is 0 Å². The number of aromatic nitrogens is 2. The van der Waals surface area contributed by atoms with E-state index in [-0.39, 0.29) is 6.61 Å². The maximum Gasteiger partial charge on any atom is 0.469 e. The number of aromatic amines is 1. The van der Waals surface area contributed by atoms with Crippen molar-refractivity contribution < 1.29 is 33.1 Å². The predicted molar refractivity (Wildman–Crippen MR) is 84.0 cm³/mol. The molecule has 0 radical (unpaired) electrons. The van der Waals surface area contributed by atoms with Gasteiger partial charge in [-0.3, -0.25) is 18.9 Å². The summed E-state index contributed by atoms with van der Waals surface area (Å²) >= 11 is 0. The van der Waals surface area contributed by atoms with Crippen molar-refractivity contribution in [1.29, 1.82) is 0 Å². The number of hydrogen-bond acceptors (Lipinski definition) is 7. The van der Waals surface area contributed by atoms with E-state index in [9.17, 15) is 14.2 Å². The van der Waals surface area contributed by atoms with Gasteiger partial charge in [0.2, 0.25) is 0 Å². The molecule has 1 fully saturated rings. The molecule has 5 atom stereocenters. The lowest BCUT2D eigenvalue weighted by Gasteiger charge is -2.26. The number of rotatable bonds is 7. The fraction of sp³-hybridized carbons (Fsp3) is 0.692. The first-order valence-corrected chi connectivity index (χ1v) is 9.06. The van der Waals surface area contributed by atoms with E-state index >= 15 is 0 Å². The minimum Gasteiger partial charge on any atom is -0.374 e. The molecule has 4 unspecified atom stereocenters. The van der Waals surface area contributed by atoms with Crippen molar-refractivity contribution in [2.24, 2.45) is 0 Å². The molecule has 1 aliphatic heterocycles. The molecule has 25 heavy (non-hydrogen) atoms. The van der Waals surface area contributed by atoms with Gasteiger partial charge < -0.3 is 24.0 Å². The van der Waals surface area contributed by atoms with Gasteiger partial charge in [-0.2, -0.15) is 0 Å². The van der Waals surface area contributed by atoms with Crippen molar-refractivity contribution >= 4 is 7.82 Å². The fourth-order valence-corrected chi connectivity index (χ4v) is 3.36. The Balaban J connectivity index is 2.37. The highest BCUT2D eigenvalue weighted by atomic mass is 31.2. The third-order valence-electron chi connectivity index (χ3n) is 3.75. The van der Waals surface area contributed by atoms with Crippen LogP contribution in [0.2, 0.25) is 0 Å². The average molecular weight is 380 g/mol. The number of phosphoric acid groups is 1. The molecule has 1 aromatic rings. The normalized spacial score (nSPS) is 28.2. The van der Waals surface area contributed by atoms with Crippen molar-refractivity contribution in [2.75, 3.05) is 13.7 Å². The number of phosphoric ester groups is 1. The first kappa shape index (κ1) is 20.0. The third kappa shape index (κ3) is 4.64. The van der Waals surface area contributed by atoms with Gasteiger partial charge in [0.1, 0.15) is 18.3 Å². The van der Waals surface area contributed by atoms with E-state index in [1.165, 1.54) is 20.2 Å². The molecule has 142 valence electrons. The van der Waals surface area contributed by atoms with Crippen molar-refractivity contribution in [3.63, 3.8) is 0 Å². The Hall–Kier alpha value is -1.33. The number of nitrogens with zero attached hydrogens (tertiary/aromatic N) is 1. The summed E-state index contributed by atoms with van der Waals surface area (Å²) in [5.41, 5.74) is -1.27. The van der Waals surface area contributed by atoms with Gasteiger partial charge in [0, 0.05) is 26.0 Å². The second-order valence-corrected chi connectivity index (χ2v) is 6.62. The molecule has 11 nitrogen and oxygen atoms in total. The maximum atomic E-state index is 12.0. The number of hydrogen-bond donors (Lipinski definition) is 3. The zero-order valence-corrected chi connectivity index (χ0v) is 14.8. The van der Waals surface area contributed by atoms with Crippen molar-refractivity contribution in [3.8, 4) is 0 Å². The summed E-state index contributed by atoms with van der Waals surface area (Å²) in [6.45, 7) is 3.43. The lowest BCUT2D eigenvalue weighted by atomic mass is 10.1. The van der Waals surface area contributed by atoms with E-state index in [2.05, 4.69) is 9.51 Å². The molecule has 12 heteroatoms. The largest absolute Gasteiger partial charge is 0.469 e. The summed E-state index contributed by atoms with van der Waals surface area (Å²) < 4.78 is 33.7. The van der Waals surface area contributed by atoms with Gasteiger partial charge in [0.25, 0.3) is 5.56 Å². The molecule has 0 aromatic carbocycles. The van der Waals surface area contributed by atoms with Crippen LogP contribution in [-0.2, 0) is 23.3 Å². The summed E-state index contributed by atoms with van der Waals surface area (Å²) in [5, 5.41) is 0. The Kier molecular flexibility index (Phi) is 6.33. The Bertz CT molecular complexity index is 742. The van der Waals surface area contributed by atoms with Crippen molar-refractivity contribution in [1.82, 2.24) is 9.55 Å². The first-order chi connectivity index (χ1) is 11.7. The van der Waals surface area contributed by atoms with Crippen LogP contribution in [0.4, 0.5) is 0 Å². The Labute approximate surface area is 142 Å². The van der Waals surface area contributed by atoms with E-state index in [1.54, 1.807) is 6.92 Å². The Morgan fingerprint density at radius 2 is 2.08 bits per heavy atom.